The van der Waals surface area contributed by atoms with Crippen LogP contribution >= 0.6 is 23.3 Å². The molecule has 38 heavy (non-hydrogen) atoms. The maximum atomic E-state index is 13.8. The molecular formula is C19H24FN11O5S2. The topological polar surface area (TPSA) is 224 Å². The number of halogens is 1. The Bertz CT molecular complexity index is 1190. The molecular weight excluding hydrogens is 545 g/mol. The van der Waals surface area contributed by atoms with Crippen LogP contribution in [0.2, 0.25) is 0 Å². The summed E-state index contributed by atoms with van der Waals surface area (Å²) >= 11 is 2.01. The van der Waals surface area contributed by atoms with Crippen LogP contribution in [-0.4, -0.2) is 110 Å². The molecule has 16 nitrogen and oxygen atoms in total. The Balaban J connectivity index is 1.30. The average molecular weight is 570 g/mol. The molecule has 2 fully saturated rings. The monoisotopic (exact) mass is 569 g/mol. The van der Waals surface area contributed by atoms with Crippen LogP contribution in [-0.2, 0) is 19.2 Å². The van der Waals surface area contributed by atoms with Crippen molar-refractivity contribution >= 4 is 64.5 Å². The number of aliphatic carboxylic acids is 1. The molecule has 0 aromatic carbocycles. The van der Waals surface area contributed by atoms with E-state index in [1.165, 1.54) is 18.0 Å². The van der Waals surface area contributed by atoms with Gasteiger partial charge in [-0.05, 0) is 0 Å². The van der Waals surface area contributed by atoms with Crippen LogP contribution in [0.5, 0.6) is 0 Å². The minimum absolute atomic E-state index is 0.0396. The van der Waals surface area contributed by atoms with Gasteiger partial charge in [0.1, 0.15) is 29.2 Å². The number of hydrogen-bond acceptors (Lipinski definition) is 14. The summed E-state index contributed by atoms with van der Waals surface area (Å²) in [6, 6.07) is -1.01. The number of fused-ring (bicyclic) bond motifs is 1. The van der Waals surface area contributed by atoms with E-state index in [4.69, 9.17) is 11.1 Å². The van der Waals surface area contributed by atoms with Crippen LogP contribution < -0.4 is 21.8 Å². The van der Waals surface area contributed by atoms with Crippen LogP contribution in [0.25, 0.3) is 0 Å². The van der Waals surface area contributed by atoms with Crippen molar-refractivity contribution in [3.05, 3.63) is 17.1 Å². The van der Waals surface area contributed by atoms with Crippen molar-refractivity contribution in [2.45, 2.75) is 17.8 Å². The summed E-state index contributed by atoms with van der Waals surface area (Å²) in [6.45, 7) is 3.20. The number of anilines is 1. The Morgan fingerprint density at radius 1 is 1.42 bits per heavy atom. The van der Waals surface area contributed by atoms with Gasteiger partial charge in [-0.15, -0.1) is 11.8 Å². The lowest BCUT2D eigenvalue weighted by atomic mass is 10.0. The minimum Gasteiger partial charge on any atom is -0.477 e. The summed E-state index contributed by atoms with van der Waals surface area (Å²) in [7, 11) is 0. The predicted molar refractivity (Wildman–Crippen MR) is 136 cm³/mol. The highest BCUT2D eigenvalue weighted by atomic mass is 32.2. The highest BCUT2D eigenvalue weighted by Gasteiger charge is 2.54. The summed E-state index contributed by atoms with van der Waals surface area (Å²) in [4.78, 5) is 47.8. The fourth-order valence-corrected chi connectivity index (χ4v) is 5.48. The summed E-state index contributed by atoms with van der Waals surface area (Å²) < 4.78 is 17.4. The first-order valence-electron chi connectivity index (χ1n) is 11.2. The Hall–Kier alpha value is -3.84. The number of oxime groups is 1. The van der Waals surface area contributed by atoms with Crippen molar-refractivity contribution in [3.8, 4) is 0 Å². The number of piperazine rings is 1. The third-order valence-electron chi connectivity index (χ3n) is 5.54. The van der Waals surface area contributed by atoms with Crippen molar-refractivity contribution in [2.24, 2.45) is 10.3 Å². The van der Waals surface area contributed by atoms with Gasteiger partial charge in [-0.25, -0.2) is 4.79 Å². The quantitative estimate of drug-likeness (QED) is 0.0802. The van der Waals surface area contributed by atoms with Crippen LogP contribution in [0.4, 0.5) is 9.52 Å². The number of aromatic nitrogens is 2. The molecule has 3 aliphatic heterocycles. The molecule has 2 saturated heterocycles. The Morgan fingerprint density at radius 2 is 2.18 bits per heavy atom. The van der Waals surface area contributed by atoms with Crippen molar-refractivity contribution < 1.29 is 28.7 Å². The first-order chi connectivity index (χ1) is 18.3. The standard InChI is InChI=1S/C19H24FN11O5S2/c20-14(15-28-19(22)38-29-15)36-26-7-11(32)27-12-16(33)31-13(18(34)35)9(8-37-17(12)31)5-24-25-6-10(21)30-3-1-23-2-4-30/h5,7,12,14,17,21,23,25H,1-4,6,8H2,(H,27,32)(H,34,35)(H2,22,28,29)/b21-10?,24-5+,26-7+. The number of amides is 2. The highest BCUT2D eigenvalue weighted by molar-refractivity contribution is 8.00. The Kier molecular flexibility index (Phi) is 8.69. The summed E-state index contributed by atoms with van der Waals surface area (Å²) in [5.41, 5.74) is 8.17. The number of β-lactam (4-membered cyclic amide) rings is 1. The number of amidine groups is 1. The Morgan fingerprint density at radius 3 is 2.87 bits per heavy atom. The fraction of sp³-hybridized carbons (Fsp3) is 0.474. The molecule has 7 N–H and O–H groups in total. The lowest BCUT2D eigenvalue weighted by Crippen LogP contribution is -2.70. The second-order valence-electron chi connectivity index (χ2n) is 8.00. The van der Waals surface area contributed by atoms with Gasteiger partial charge in [-0.2, -0.15) is 18.8 Å². The zero-order valence-corrected chi connectivity index (χ0v) is 21.3. The predicted octanol–water partition coefficient (Wildman–Crippen LogP) is -1.71. The van der Waals surface area contributed by atoms with Crippen LogP contribution in [0, 0.1) is 5.41 Å². The third-order valence-corrected chi connectivity index (χ3v) is 7.40. The zero-order chi connectivity index (χ0) is 27.2. The van der Waals surface area contributed by atoms with Crippen molar-refractivity contribution in [2.75, 3.05) is 44.2 Å². The van der Waals surface area contributed by atoms with Crippen molar-refractivity contribution in [1.82, 2.24) is 35.2 Å². The van der Waals surface area contributed by atoms with E-state index in [2.05, 4.69) is 40.5 Å². The normalized spacial score (nSPS) is 22.3. The molecule has 19 heteroatoms. The van der Waals surface area contributed by atoms with E-state index in [1.54, 1.807) is 0 Å². The summed E-state index contributed by atoms with van der Waals surface area (Å²) in [5.74, 6) is -2.55. The van der Waals surface area contributed by atoms with Gasteiger partial charge in [0.2, 0.25) is 5.82 Å². The number of hydrazone groups is 1. The van der Waals surface area contributed by atoms with Gasteiger partial charge < -0.3 is 36.6 Å². The van der Waals surface area contributed by atoms with Crippen LogP contribution in [0.1, 0.15) is 12.2 Å². The SMILES string of the molecule is N=C(CN/N=C/C1=C(C(=O)O)N2C(=O)C(NC(=O)/C=N/OC(F)c3nsc(N)n3)C2SC1)N1CCNCC1. The molecule has 2 amide bonds. The molecule has 3 unspecified atom stereocenters. The van der Waals surface area contributed by atoms with Gasteiger partial charge in [0.05, 0.1) is 12.8 Å². The van der Waals surface area contributed by atoms with Crippen molar-refractivity contribution in [1.29, 1.82) is 5.41 Å². The molecule has 3 aliphatic rings. The number of nitrogens with zero attached hydrogens (tertiary/aromatic N) is 6. The van der Waals surface area contributed by atoms with Gasteiger partial charge in [-0.1, -0.05) is 5.16 Å². The van der Waals surface area contributed by atoms with E-state index in [-0.39, 0.29) is 29.0 Å². The lowest BCUT2D eigenvalue weighted by Gasteiger charge is -2.49. The van der Waals surface area contributed by atoms with E-state index in [1.807, 2.05) is 4.90 Å². The maximum absolute atomic E-state index is 13.8. The molecule has 0 aliphatic carbocycles. The van der Waals surface area contributed by atoms with E-state index >= 15 is 0 Å². The number of alkyl halides is 1. The second-order valence-corrected chi connectivity index (χ2v) is 9.89. The van der Waals surface area contributed by atoms with E-state index in [0.717, 1.165) is 42.6 Å². The van der Waals surface area contributed by atoms with Gasteiger partial charge in [-0.3, -0.25) is 19.9 Å². The molecule has 0 saturated carbocycles. The number of nitrogen functional groups attached to an aromatic ring is 1. The summed E-state index contributed by atoms with van der Waals surface area (Å²) in [6.07, 6.45) is -0.173. The fourth-order valence-electron chi connectivity index (χ4n) is 3.74. The van der Waals surface area contributed by atoms with E-state index in [0.29, 0.717) is 17.6 Å². The molecule has 3 atom stereocenters. The minimum atomic E-state index is -2.13. The first-order valence-corrected chi connectivity index (χ1v) is 13.0. The molecule has 0 radical (unpaired) electrons. The summed E-state index contributed by atoms with van der Waals surface area (Å²) in [5, 5.41) is 30.1. The smallest absolute Gasteiger partial charge is 0.353 e. The van der Waals surface area contributed by atoms with E-state index < -0.39 is 35.6 Å². The molecule has 1 aromatic rings. The number of carboxylic acid groups (broad SMARTS) is 1. The largest absolute Gasteiger partial charge is 0.477 e. The number of carboxylic acids is 1. The number of thioether (sulfide) groups is 1. The van der Waals surface area contributed by atoms with E-state index in [9.17, 15) is 23.9 Å². The molecule has 0 bridgehead atoms. The number of carbonyl (C=O) groups is 3. The molecule has 204 valence electrons. The van der Waals surface area contributed by atoms with Crippen LogP contribution in [0.3, 0.4) is 0 Å². The van der Waals surface area contributed by atoms with Gasteiger partial charge in [0, 0.05) is 49.0 Å². The molecule has 0 spiro atoms. The van der Waals surface area contributed by atoms with Gasteiger partial charge in [0.15, 0.2) is 5.13 Å². The van der Waals surface area contributed by atoms with Gasteiger partial charge >= 0.3 is 12.3 Å². The number of nitrogens with two attached hydrogens (primary N) is 1. The molecule has 1 aromatic heterocycles. The number of nitrogens with one attached hydrogen (secondary N) is 4. The third kappa shape index (κ3) is 6.17. The van der Waals surface area contributed by atoms with Gasteiger partial charge in [0.25, 0.3) is 11.8 Å². The lowest BCUT2D eigenvalue weighted by molar-refractivity contribution is -0.150. The zero-order valence-electron chi connectivity index (χ0n) is 19.7. The number of rotatable bonds is 10. The molecule has 4 heterocycles. The highest BCUT2D eigenvalue weighted by Crippen LogP contribution is 2.39. The van der Waals surface area contributed by atoms with Crippen LogP contribution in [0.15, 0.2) is 21.5 Å². The van der Waals surface area contributed by atoms with Crippen molar-refractivity contribution in [3.63, 3.8) is 0 Å². The molecule has 4 rings (SSSR count). The first kappa shape index (κ1) is 27.2. The number of carbonyl (C=O) groups excluding carboxylic acids is 2. The maximum Gasteiger partial charge on any atom is 0.353 e. The Labute approximate surface area is 223 Å². The number of hydrogen-bond donors (Lipinski definition) is 6. The second kappa shape index (κ2) is 12.1. The average Bonchev–Trinajstić information content (AvgIpc) is 3.35.